The SMILES string of the molecule is Cc1ccccc1SN[PH](=O)NSc1ccccc1C. The molecule has 0 unspecified atom stereocenters. The van der Waals surface area contributed by atoms with Crippen LogP contribution in [0.2, 0.25) is 0 Å². The van der Waals surface area contributed by atoms with Gasteiger partial charge in [0.2, 0.25) is 8.10 Å². The molecule has 20 heavy (non-hydrogen) atoms. The lowest BCUT2D eigenvalue weighted by atomic mass is 10.2. The summed E-state index contributed by atoms with van der Waals surface area (Å²) in [6.45, 7) is 4.08. The van der Waals surface area contributed by atoms with Gasteiger partial charge >= 0.3 is 0 Å². The molecule has 0 saturated carbocycles. The number of hydrogen-bond donors (Lipinski definition) is 2. The smallest absolute Gasteiger partial charge is 0.219 e. The van der Waals surface area contributed by atoms with Gasteiger partial charge in [0.1, 0.15) is 0 Å². The summed E-state index contributed by atoms with van der Waals surface area (Å²) in [4.78, 5) is 2.18. The van der Waals surface area contributed by atoms with Crippen molar-refractivity contribution >= 4 is 32.0 Å². The largest absolute Gasteiger partial charge is 0.291 e. The van der Waals surface area contributed by atoms with Crippen LogP contribution in [0.3, 0.4) is 0 Å². The molecule has 0 aliphatic carbocycles. The van der Waals surface area contributed by atoms with Gasteiger partial charge < -0.3 is 0 Å². The van der Waals surface area contributed by atoms with Gasteiger partial charge in [0.05, 0.1) is 0 Å². The standard InChI is InChI=1S/C14H17N2OPS2/c1-11-7-3-5-9-13(11)19-15-18(17)16-20-14-10-6-4-8-12(14)2/h3-10,18H,1-2H3,(H2,15,16,17). The Morgan fingerprint density at radius 2 is 1.20 bits per heavy atom. The molecule has 0 bridgehead atoms. The van der Waals surface area contributed by atoms with Gasteiger partial charge in [-0.3, -0.25) is 4.57 Å². The van der Waals surface area contributed by atoms with Gasteiger partial charge in [-0.25, -0.2) is 0 Å². The molecule has 0 fully saturated rings. The minimum atomic E-state index is -2.04. The number of nitrogens with one attached hydrogen (secondary N) is 2. The van der Waals surface area contributed by atoms with Gasteiger partial charge in [0, 0.05) is 9.79 Å². The lowest BCUT2D eigenvalue weighted by Crippen LogP contribution is -2.01. The summed E-state index contributed by atoms with van der Waals surface area (Å²) in [5, 5.41) is 0. The Morgan fingerprint density at radius 1 is 0.800 bits per heavy atom. The fourth-order valence-electron chi connectivity index (χ4n) is 1.57. The van der Waals surface area contributed by atoms with Gasteiger partial charge in [0.15, 0.2) is 0 Å². The first kappa shape index (κ1) is 15.7. The molecule has 2 aromatic rings. The molecule has 0 aliphatic rings. The Morgan fingerprint density at radius 3 is 1.60 bits per heavy atom. The highest BCUT2D eigenvalue weighted by Gasteiger charge is 2.03. The summed E-state index contributed by atoms with van der Waals surface area (Å²) >= 11 is 2.80. The molecular weight excluding hydrogens is 307 g/mol. The van der Waals surface area contributed by atoms with E-state index in [9.17, 15) is 4.57 Å². The van der Waals surface area contributed by atoms with Crippen LogP contribution in [0.1, 0.15) is 11.1 Å². The molecular formula is C14H17N2OPS2. The van der Waals surface area contributed by atoms with E-state index in [1.165, 1.54) is 35.0 Å². The monoisotopic (exact) mass is 324 g/mol. The maximum atomic E-state index is 11.9. The second kappa shape index (κ2) is 7.91. The Kier molecular flexibility index (Phi) is 6.20. The molecule has 106 valence electrons. The quantitative estimate of drug-likeness (QED) is 0.601. The van der Waals surface area contributed by atoms with E-state index in [1.54, 1.807) is 0 Å². The predicted octanol–water partition coefficient (Wildman–Crippen LogP) is 4.59. The normalized spacial score (nSPS) is 10.9. The molecule has 0 saturated heterocycles. The first-order valence-corrected chi connectivity index (χ1v) is 9.22. The number of hydrogen-bond acceptors (Lipinski definition) is 3. The van der Waals surface area contributed by atoms with E-state index in [0.717, 1.165) is 9.79 Å². The van der Waals surface area contributed by atoms with Crippen LogP contribution in [-0.4, -0.2) is 0 Å². The van der Waals surface area contributed by atoms with Gasteiger partial charge in [-0.2, -0.15) is 8.99 Å². The maximum Gasteiger partial charge on any atom is 0.219 e. The molecule has 0 aromatic heterocycles. The molecule has 0 spiro atoms. The van der Waals surface area contributed by atoms with Crippen molar-refractivity contribution in [2.45, 2.75) is 23.6 Å². The zero-order valence-corrected chi connectivity index (χ0v) is 14.0. The number of benzene rings is 2. The fraction of sp³-hybridized carbons (Fsp3) is 0.143. The van der Waals surface area contributed by atoms with Crippen molar-refractivity contribution in [1.82, 2.24) is 8.99 Å². The molecule has 6 heteroatoms. The summed E-state index contributed by atoms with van der Waals surface area (Å²) in [7, 11) is -2.04. The highest BCUT2D eigenvalue weighted by atomic mass is 32.2. The summed E-state index contributed by atoms with van der Waals surface area (Å²) in [6.07, 6.45) is 0. The molecule has 2 rings (SSSR count). The van der Waals surface area contributed by atoms with Crippen molar-refractivity contribution in [1.29, 1.82) is 0 Å². The van der Waals surface area contributed by atoms with Crippen LogP contribution in [0, 0.1) is 13.8 Å². The van der Waals surface area contributed by atoms with Crippen LogP contribution in [0.5, 0.6) is 0 Å². The summed E-state index contributed by atoms with van der Waals surface area (Å²) in [6, 6.07) is 16.0. The second-order valence-electron chi connectivity index (χ2n) is 4.27. The van der Waals surface area contributed by atoms with Gasteiger partial charge in [-0.05, 0) is 61.0 Å². The van der Waals surface area contributed by atoms with Crippen LogP contribution in [-0.2, 0) is 4.57 Å². The van der Waals surface area contributed by atoms with Gasteiger partial charge in [-0.1, -0.05) is 36.4 Å². The van der Waals surface area contributed by atoms with E-state index in [1.807, 2.05) is 62.4 Å². The summed E-state index contributed by atoms with van der Waals surface area (Å²) < 4.78 is 17.9. The average Bonchev–Trinajstić information content (AvgIpc) is 2.45. The van der Waals surface area contributed by atoms with Crippen LogP contribution in [0.4, 0.5) is 0 Å². The lowest BCUT2D eigenvalue weighted by Gasteiger charge is -2.08. The molecule has 2 aromatic carbocycles. The zero-order chi connectivity index (χ0) is 14.4. The molecule has 0 amide bonds. The lowest BCUT2D eigenvalue weighted by molar-refractivity contribution is 0.586. The molecule has 0 radical (unpaired) electrons. The Labute approximate surface area is 129 Å². The third-order valence-corrected chi connectivity index (χ3v) is 6.35. The first-order chi connectivity index (χ1) is 9.66. The van der Waals surface area contributed by atoms with Crippen LogP contribution in [0.25, 0.3) is 0 Å². The van der Waals surface area contributed by atoms with E-state index in [0.29, 0.717) is 0 Å². The van der Waals surface area contributed by atoms with Gasteiger partial charge in [-0.15, -0.1) is 0 Å². The highest BCUT2D eigenvalue weighted by molar-refractivity contribution is 8.04. The predicted molar refractivity (Wildman–Crippen MR) is 89.3 cm³/mol. The zero-order valence-electron chi connectivity index (χ0n) is 11.3. The molecule has 0 aliphatic heterocycles. The minimum absolute atomic E-state index is 1.09. The van der Waals surface area contributed by atoms with E-state index in [4.69, 9.17) is 0 Å². The van der Waals surface area contributed by atoms with Crippen LogP contribution in [0.15, 0.2) is 58.3 Å². The third kappa shape index (κ3) is 4.69. The topological polar surface area (TPSA) is 41.1 Å². The maximum absolute atomic E-state index is 11.9. The van der Waals surface area contributed by atoms with Crippen molar-refractivity contribution in [3.05, 3.63) is 59.7 Å². The van der Waals surface area contributed by atoms with Crippen LogP contribution < -0.4 is 8.99 Å². The van der Waals surface area contributed by atoms with Crippen molar-refractivity contribution < 1.29 is 4.57 Å². The number of rotatable bonds is 6. The summed E-state index contributed by atoms with van der Waals surface area (Å²) in [5.41, 5.74) is 2.35. The van der Waals surface area contributed by atoms with Crippen molar-refractivity contribution in [2.24, 2.45) is 0 Å². The van der Waals surface area contributed by atoms with Crippen molar-refractivity contribution in [3.63, 3.8) is 0 Å². The van der Waals surface area contributed by atoms with Crippen molar-refractivity contribution in [3.8, 4) is 0 Å². The summed E-state index contributed by atoms with van der Waals surface area (Å²) in [5.74, 6) is 0. The molecule has 0 heterocycles. The first-order valence-electron chi connectivity index (χ1n) is 6.18. The highest BCUT2D eigenvalue weighted by Crippen LogP contribution is 2.29. The van der Waals surface area contributed by atoms with Gasteiger partial charge in [0.25, 0.3) is 0 Å². The van der Waals surface area contributed by atoms with E-state index < -0.39 is 8.10 Å². The third-order valence-electron chi connectivity index (χ3n) is 2.69. The fourth-order valence-corrected chi connectivity index (χ4v) is 4.48. The molecule has 0 atom stereocenters. The van der Waals surface area contributed by atoms with Crippen LogP contribution >= 0.6 is 32.0 Å². The Hall–Kier alpha value is -0.710. The minimum Gasteiger partial charge on any atom is -0.291 e. The van der Waals surface area contributed by atoms with E-state index in [2.05, 4.69) is 8.99 Å². The second-order valence-corrected chi connectivity index (χ2v) is 7.85. The molecule has 2 N–H and O–H groups in total. The Balaban J connectivity index is 1.82. The van der Waals surface area contributed by atoms with E-state index in [-0.39, 0.29) is 0 Å². The Bertz CT molecular complexity index is 556. The van der Waals surface area contributed by atoms with Crippen molar-refractivity contribution in [2.75, 3.05) is 0 Å². The average molecular weight is 324 g/mol. The number of aryl methyl sites for hydroxylation is 2. The molecule has 3 nitrogen and oxygen atoms in total. The van der Waals surface area contributed by atoms with E-state index >= 15 is 0 Å².